The van der Waals surface area contributed by atoms with Gasteiger partial charge in [0.1, 0.15) is 0 Å². The van der Waals surface area contributed by atoms with Crippen molar-refractivity contribution in [3.8, 4) is 5.69 Å². The highest BCUT2D eigenvalue weighted by molar-refractivity contribution is 5.92. The molecule has 0 fully saturated rings. The van der Waals surface area contributed by atoms with Gasteiger partial charge in [-0.25, -0.2) is 0 Å². The smallest absolute Gasteiger partial charge is 0.274 e. The van der Waals surface area contributed by atoms with Crippen molar-refractivity contribution < 1.29 is 9.48 Å². The number of para-hydroxylation sites is 1. The van der Waals surface area contributed by atoms with Gasteiger partial charge in [0.15, 0.2) is 5.69 Å². The summed E-state index contributed by atoms with van der Waals surface area (Å²) >= 11 is 0. The van der Waals surface area contributed by atoms with Crippen molar-refractivity contribution in [3.05, 3.63) is 36.2 Å². The summed E-state index contributed by atoms with van der Waals surface area (Å²) in [6.07, 6.45) is 0.775. The van der Waals surface area contributed by atoms with Crippen molar-refractivity contribution in [2.75, 3.05) is 5.32 Å². The summed E-state index contributed by atoms with van der Waals surface area (Å²) in [4.78, 5) is 16.4. The molecule has 0 aliphatic heterocycles. The summed E-state index contributed by atoms with van der Waals surface area (Å²) in [7, 11) is 0. The number of aromatic amines is 1. The van der Waals surface area contributed by atoms with Crippen LogP contribution < -0.4 is 10.00 Å². The number of aromatic nitrogens is 3. The zero-order valence-corrected chi connectivity index (χ0v) is 12.4. The van der Waals surface area contributed by atoms with E-state index in [-0.39, 0.29) is 5.91 Å². The zero-order chi connectivity index (χ0) is 14.8. The predicted molar refractivity (Wildman–Crippen MR) is 77.6 cm³/mol. The van der Waals surface area contributed by atoms with Crippen LogP contribution in [0.15, 0.2) is 30.3 Å². The molecule has 5 nitrogen and oxygen atoms in total. The molecule has 0 saturated heterocycles. The van der Waals surface area contributed by atoms with Gasteiger partial charge in [0.05, 0.1) is 6.42 Å². The van der Waals surface area contributed by atoms with E-state index >= 15 is 0 Å². The van der Waals surface area contributed by atoms with E-state index in [4.69, 9.17) is 0 Å². The Morgan fingerprint density at radius 1 is 1.30 bits per heavy atom. The van der Waals surface area contributed by atoms with Crippen LogP contribution in [0.25, 0.3) is 5.69 Å². The summed E-state index contributed by atoms with van der Waals surface area (Å²) in [6, 6.07) is 9.89. The Hall–Kier alpha value is -2.17. The van der Waals surface area contributed by atoms with E-state index in [0.717, 1.165) is 17.9 Å². The van der Waals surface area contributed by atoms with E-state index in [1.807, 2.05) is 62.7 Å². The molecule has 2 rings (SSSR count). The Kier molecular flexibility index (Phi) is 3.88. The molecule has 2 N–H and O–H groups in total. The first-order chi connectivity index (χ1) is 9.41. The molecule has 0 aliphatic carbocycles. The number of carbonyl (C=O) groups is 1. The fraction of sp³-hybridized carbons (Fsp3) is 0.400. The van der Waals surface area contributed by atoms with E-state index < -0.39 is 5.41 Å². The first-order valence-electron chi connectivity index (χ1n) is 6.79. The van der Waals surface area contributed by atoms with Crippen molar-refractivity contribution in [1.82, 2.24) is 10.1 Å². The highest BCUT2D eigenvalue weighted by atomic mass is 16.2. The monoisotopic (exact) mass is 273 g/mol. The van der Waals surface area contributed by atoms with Gasteiger partial charge in [0.2, 0.25) is 5.91 Å². The van der Waals surface area contributed by atoms with Crippen molar-refractivity contribution in [3.63, 3.8) is 0 Å². The van der Waals surface area contributed by atoms with E-state index in [1.54, 1.807) is 0 Å². The fourth-order valence-corrected chi connectivity index (χ4v) is 1.75. The van der Waals surface area contributed by atoms with Gasteiger partial charge in [-0.2, -0.15) is 5.10 Å². The third kappa shape index (κ3) is 3.04. The van der Waals surface area contributed by atoms with Gasteiger partial charge in [-0.05, 0) is 17.1 Å². The molecule has 106 valence electrons. The lowest BCUT2D eigenvalue weighted by Gasteiger charge is -2.14. The van der Waals surface area contributed by atoms with Crippen LogP contribution in [0.3, 0.4) is 0 Å². The van der Waals surface area contributed by atoms with Crippen LogP contribution in [0.2, 0.25) is 0 Å². The second kappa shape index (κ2) is 5.45. The molecule has 0 unspecified atom stereocenters. The maximum Gasteiger partial charge on any atom is 0.354 e. The first kappa shape index (κ1) is 14.2. The lowest BCUT2D eigenvalue weighted by atomic mass is 9.96. The SMILES string of the molecule is CCc1nc(NC(=O)C(C)(C)C)[nH][n+]1-c1ccccc1. The zero-order valence-electron chi connectivity index (χ0n) is 12.4. The largest absolute Gasteiger partial charge is 0.354 e. The number of carbonyl (C=O) groups excluding carboxylic acids is 1. The number of rotatable bonds is 3. The molecule has 0 saturated carbocycles. The van der Waals surface area contributed by atoms with Crippen LogP contribution in [0.1, 0.15) is 33.5 Å². The number of H-pyrrole nitrogens is 1. The Balaban J connectivity index is 2.30. The molecule has 0 spiro atoms. The van der Waals surface area contributed by atoms with Crippen LogP contribution in [0.4, 0.5) is 5.95 Å². The van der Waals surface area contributed by atoms with Crippen molar-refractivity contribution in [2.45, 2.75) is 34.1 Å². The molecule has 0 radical (unpaired) electrons. The molecule has 0 atom stereocenters. The van der Waals surface area contributed by atoms with Crippen LogP contribution in [0, 0.1) is 5.41 Å². The van der Waals surface area contributed by atoms with Gasteiger partial charge in [0, 0.05) is 5.41 Å². The standard InChI is InChI=1S/C15H20N4O/c1-5-12-16-14(17-13(20)15(2,3)4)18-19(12)11-9-7-6-8-10-11/h6-10H,5H2,1-4H3,(H,17,18,20)/p+1. The molecule has 1 amide bonds. The van der Waals surface area contributed by atoms with Crippen LogP contribution in [-0.4, -0.2) is 16.0 Å². The quantitative estimate of drug-likeness (QED) is 0.842. The number of hydrogen-bond donors (Lipinski definition) is 2. The summed E-state index contributed by atoms with van der Waals surface area (Å²) < 4.78 is 1.89. The number of hydrogen-bond acceptors (Lipinski definition) is 2. The minimum Gasteiger partial charge on any atom is -0.274 e. The van der Waals surface area contributed by atoms with Gasteiger partial charge in [-0.15, -0.1) is 4.68 Å². The van der Waals surface area contributed by atoms with Gasteiger partial charge < -0.3 is 0 Å². The van der Waals surface area contributed by atoms with E-state index in [2.05, 4.69) is 15.4 Å². The molecule has 0 aliphatic rings. The molecular weight excluding hydrogens is 252 g/mol. The summed E-state index contributed by atoms with van der Waals surface area (Å²) in [6.45, 7) is 7.65. The second-order valence-corrected chi connectivity index (χ2v) is 5.72. The van der Waals surface area contributed by atoms with E-state index in [0.29, 0.717) is 5.95 Å². The van der Waals surface area contributed by atoms with Crippen molar-refractivity contribution in [1.29, 1.82) is 0 Å². The number of anilines is 1. The number of nitrogens with one attached hydrogen (secondary N) is 2. The first-order valence-corrected chi connectivity index (χ1v) is 6.79. The molecule has 1 aromatic carbocycles. The predicted octanol–water partition coefficient (Wildman–Crippen LogP) is 2.23. The molecule has 20 heavy (non-hydrogen) atoms. The molecule has 0 bridgehead atoms. The summed E-state index contributed by atoms with van der Waals surface area (Å²) in [5.41, 5.74) is 0.546. The third-order valence-corrected chi connectivity index (χ3v) is 2.96. The minimum atomic E-state index is -0.448. The lowest BCUT2D eigenvalue weighted by Crippen LogP contribution is -2.37. The fourth-order valence-electron chi connectivity index (χ4n) is 1.75. The number of amides is 1. The van der Waals surface area contributed by atoms with Gasteiger partial charge in [-0.1, -0.05) is 45.9 Å². The van der Waals surface area contributed by atoms with Crippen LogP contribution in [-0.2, 0) is 11.2 Å². The second-order valence-electron chi connectivity index (χ2n) is 5.72. The molecule has 1 heterocycles. The Labute approximate surface area is 119 Å². The Morgan fingerprint density at radius 3 is 2.50 bits per heavy atom. The molecular formula is C15H21N4O+. The van der Waals surface area contributed by atoms with Crippen molar-refractivity contribution in [2.24, 2.45) is 5.41 Å². The van der Waals surface area contributed by atoms with E-state index in [9.17, 15) is 4.79 Å². The van der Waals surface area contributed by atoms with Gasteiger partial charge >= 0.3 is 11.8 Å². The lowest BCUT2D eigenvalue weighted by molar-refractivity contribution is -0.663. The average molecular weight is 273 g/mol. The normalized spacial score (nSPS) is 11.4. The average Bonchev–Trinajstić information content (AvgIpc) is 2.81. The maximum atomic E-state index is 12.0. The topological polar surface area (TPSA) is 61.7 Å². The molecule has 2 aromatic rings. The Morgan fingerprint density at radius 2 is 1.95 bits per heavy atom. The third-order valence-electron chi connectivity index (χ3n) is 2.96. The maximum absolute atomic E-state index is 12.0. The summed E-state index contributed by atoms with van der Waals surface area (Å²) in [5.74, 6) is 1.29. The highest BCUT2D eigenvalue weighted by Crippen LogP contribution is 2.15. The summed E-state index contributed by atoms with van der Waals surface area (Å²) in [5, 5.41) is 5.95. The van der Waals surface area contributed by atoms with Crippen LogP contribution >= 0.6 is 0 Å². The Bertz CT molecular complexity index is 596. The number of aryl methyl sites for hydroxylation is 1. The van der Waals surface area contributed by atoms with Crippen molar-refractivity contribution >= 4 is 11.9 Å². The minimum absolute atomic E-state index is 0.0610. The van der Waals surface area contributed by atoms with Gasteiger partial charge in [-0.3, -0.25) is 10.1 Å². The van der Waals surface area contributed by atoms with Gasteiger partial charge in [0.25, 0.3) is 0 Å². The van der Waals surface area contributed by atoms with E-state index in [1.165, 1.54) is 0 Å². The van der Waals surface area contributed by atoms with Crippen LogP contribution in [0.5, 0.6) is 0 Å². The number of nitrogens with zero attached hydrogens (tertiary/aromatic N) is 2. The molecule has 5 heteroatoms. The number of benzene rings is 1. The molecule has 1 aromatic heterocycles. The highest BCUT2D eigenvalue weighted by Gasteiger charge is 2.26.